The molecule has 4 nitrogen and oxygen atoms in total. The zero-order chi connectivity index (χ0) is 12.4. The largest absolute Gasteiger partial charge is 0.379 e. The van der Waals surface area contributed by atoms with Crippen LogP contribution in [-0.2, 0) is 9.47 Å². The van der Waals surface area contributed by atoms with Gasteiger partial charge in [0.15, 0.2) is 0 Å². The SMILES string of the molecule is CCOCCOCC[N+](C)(C)CCN(C)C. The van der Waals surface area contributed by atoms with Crippen LogP contribution in [-0.4, -0.2) is 83.6 Å². The maximum absolute atomic E-state index is 5.52. The third-order valence-corrected chi connectivity index (χ3v) is 2.57. The van der Waals surface area contributed by atoms with E-state index in [1.54, 1.807) is 0 Å². The number of hydrogen-bond acceptors (Lipinski definition) is 3. The van der Waals surface area contributed by atoms with Crippen LogP contribution in [0.4, 0.5) is 0 Å². The second-order valence-electron chi connectivity index (χ2n) is 5.00. The van der Waals surface area contributed by atoms with E-state index in [2.05, 4.69) is 33.1 Å². The second kappa shape index (κ2) is 8.93. The van der Waals surface area contributed by atoms with Gasteiger partial charge < -0.3 is 18.9 Å². The Kier molecular flexibility index (Phi) is 8.84. The first-order valence-electron chi connectivity index (χ1n) is 6.10. The highest BCUT2D eigenvalue weighted by Crippen LogP contribution is 1.97. The van der Waals surface area contributed by atoms with E-state index in [0.29, 0.717) is 13.2 Å². The first kappa shape index (κ1) is 15.8. The maximum Gasteiger partial charge on any atom is 0.102 e. The van der Waals surface area contributed by atoms with E-state index in [1.165, 1.54) is 0 Å². The average molecular weight is 233 g/mol. The van der Waals surface area contributed by atoms with Crippen molar-refractivity contribution < 1.29 is 14.0 Å². The molecule has 0 saturated carbocycles. The minimum absolute atomic E-state index is 0.710. The fourth-order valence-electron chi connectivity index (χ4n) is 1.26. The highest BCUT2D eigenvalue weighted by Gasteiger charge is 2.14. The minimum atomic E-state index is 0.710. The summed E-state index contributed by atoms with van der Waals surface area (Å²) in [6, 6.07) is 0. The summed E-state index contributed by atoms with van der Waals surface area (Å²) >= 11 is 0. The van der Waals surface area contributed by atoms with Gasteiger partial charge in [-0.15, -0.1) is 0 Å². The molecule has 0 aliphatic heterocycles. The van der Waals surface area contributed by atoms with Gasteiger partial charge in [-0.2, -0.15) is 0 Å². The number of rotatable bonds is 10. The molecule has 0 heterocycles. The van der Waals surface area contributed by atoms with E-state index in [4.69, 9.17) is 9.47 Å². The summed E-state index contributed by atoms with van der Waals surface area (Å²) < 4.78 is 11.7. The van der Waals surface area contributed by atoms with Crippen molar-refractivity contribution >= 4 is 0 Å². The van der Waals surface area contributed by atoms with Crippen LogP contribution in [0.2, 0.25) is 0 Å². The molecule has 98 valence electrons. The van der Waals surface area contributed by atoms with Crippen molar-refractivity contribution in [3.8, 4) is 0 Å². The van der Waals surface area contributed by atoms with E-state index in [-0.39, 0.29) is 0 Å². The van der Waals surface area contributed by atoms with Crippen molar-refractivity contribution in [2.75, 3.05) is 74.3 Å². The van der Waals surface area contributed by atoms with Gasteiger partial charge in [-0.05, 0) is 21.0 Å². The van der Waals surface area contributed by atoms with E-state index >= 15 is 0 Å². The van der Waals surface area contributed by atoms with Crippen LogP contribution in [0.1, 0.15) is 6.92 Å². The molecule has 0 amide bonds. The summed E-state index contributed by atoms with van der Waals surface area (Å²) in [5.74, 6) is 0. The number of quaternary nitrogens is 1. The highest BCUT2D eigenvalue weighted by molar-refractivity contribution is 4.42. The van der Waals surface area contributed by atoms with E-state index in [9.17, 15) is 0 Å². The molecule has 0 aliphatic carbocycles. The van der Waals surface area contributed by atoms with Crippen molar-refractivity contribution in [3.63, 3.8) is 0 Å². The predicted molar refractivity (Wildman–Crippen MR) is 67.7 cm³/mol. The Morgan fingerprint density at radius 1 is 0.938 bits per heavy atom. The lowest BCUT2D eigenvalue weighted by Crippen LogP contribution is -2.46. The topological polar surface area (TPSA) is 21.7 Å². The second-order valence-corrected chi connectivity index (χ2v) is 5.00. The number of ether oxygens (including phenoxy) is 2. The van der Waals surface area contributed by atoms with Gasteiger partial charge in [0.25, 0.3) is 0 Å². The van der Waals surface area contributed by atoms with Crippen molar-refractivity contribution in [1.82, 2.24) is 4.90 Å². The fourth-order valence-corrected chi connectivity index (χ4v) is 1.26. The average Bonchev–Trinajstić information content (AvgIpc) is 2.21. The minimum Gasteiger partial charge on any atom is -0.379 e. The van der Waals surface area contributed by atoms with Crippen molar-refractivity contribution in [2.45, 2.75) is 6.92 Å². The molecule has 0 aliphatic rings. The van der Waals surface area contributed by atoms with Gasteiger partial charge in [0.1, 0.15) is 6.54 Å². The molecule has 4 heteroatoms. The molecule has 0 aromatic heterocycles. The lowest BCUT2D eigenvalue weighted by Gasteiger charge is -2.30. The Balaban J connectivity index is 3.42. The number of hydrogen-bond donors (Lipinski definition) is 0. The first-order chi connectivity index (χ1) is 7.48. The molecular formula is C12H29N2O2+. The molecule has 0 radical (unpaired) electrons. The van der Waals surface area contributed by atoms with E-state index < -0.39 is 0 Å². The summed E-state index contributed by atoms with van der Waals surface area (Å²) in [7, 11) is 8.71. The predicted octanol–water partition coefficient (Wildman–Crippen LogP) is 0.678. The molecule has 0 saturated heterocycles. The Morgan fingerprint density at radius 2 is 1.56 bits per heavy atom. The van der Waals surface area contributed by atoms with Gasteiger partial charge in [-0.25, -0.2) is 0 Å². The van der Waals surface area contributed by atoms with E-state index in [0.717, 1.165) is 37.3 Å². The Hall–Kier alpha value is -0.160. The standard InChI is InChI=1S/C12H29N2O2/c1-6-15-11-12-16-10-9-14(4,5)8-7-13(2)3/h6-12H2,1-5H3/q+1. The van der Waals surface area contributed by atoms with Gasteiger partial charge in [0.05, 0.1) is 40.5 Å². The zero-order valence-electron chi connectivity index (χ0n) is 11.7. The molecule has 0 spiro atoms. The Morgan fingerprint density at radius 3 is 2.12 bits per heavy atom. The third-order valence-electron chi connectivity index (χ3n) is 2.57. The quantitative estimate of drug-likeness (QED) is 0.409. The summed E-state index contributed by atoms with van der Waals surface area (Å²) in [4.78, 5) is 2.22. The molecule has 0 atom stereocenters. The monoisotopic (exact) mass is 233 g/mol. The van der Waals surface area contributed by atoms with Crippen LogP contribution in [0, 0.1) is 0 Å². The fraction of sp³-hybridized carbons (Fsp3) is 1.00. The van der Waals surface area contributed by atoms with Crippen LogP contribution < -0.4 is 0 Å². The maximum atomic E-state index is 5.52. The summed E-state index contributed by atoms with van der Waals surface area (Å²) in [6.45, 7) is 8.33. The molecule has 0 N–H and O–H groups in total. The smallest absolute Gasteiger partial charge is 0.102 e. The van der Waals surface area contributed by atoms with Gasteiger partial charge >= 0.3 is 0 Å². The first-order valence-corrected chi connectivity index (χ1v) is 6.10. The molecule has 0 bridgehead atoms. The van der Waals surface area contributed by atoms with Gasteiger partial charge in [0, 0.05) is 13.2 Å². The van der Waals surface area contributed by atoms with Crippen molar-refractivity contribution in [3.05, 3.63) is 0 Å². The lowest BCUT2D eigenvalue weighted by molar-refractivity contribution is -0.890. The van der Waals surface area contributed by atoms with Crippen LogP contribution in [0.15, 0.2) is 0 Å². The highest BCUT2D eigenvalue weighted by atomic mass is 16.5. The summed E-state index contributed by atoms with van der Waals surface area (Å²) in [6.07, 6.45) is 0. The Bertz CT molecular complexity index is 161. The molecule has 0 unspecified atom stereocenters. The third kappa shape index (κ3) is 10.4. The van der Waals surface area contributed by atoms with Gasteiger partial charge in [-0.3, -0.25) is 0 Å². The Labute approximate surface area is 101 Å². The van der Waals surface area contributed by atoms with Crippen molar-refractivity contribution in [2.24, 2.45) is 0 Å². The zero-order valence-corrected chi connectivity index (χ0v) is 11.7. The molecule has 16 heavy (non-hydrogen) atoms. The van der Waals surface area contributed by atoms with Crippen LogP contribution in [0.3, 0.4) is 0 Å². The molecule has 0 aromatic rings. The van der Waals surface area contributed by atoms with Crippen LogP contribution >= 0.6 is 0 Å². The van der Waals surface area contributed by atoms with Gasteiger partial charge in [-0.1, -0.05) is 0 Å². The summed E-state index contributed by atoms with van der Waals surface area (Å²) in [5, 5.41) is 0. The number of nitrogens with zero attached hydrogens (tertiary/aromatic N) is 2. The van der Waals surface area contributed by atoms with Crippen molar-refractivity contribution in [1.29, 1.82) is 0 Å². The molecular weight excluding hydrogens is 204 g/mol. The summed E-state index contributed by atoms with van der Waals surface area (Å²) in [5.41, 5.74) is 0. The molecule has 0 rings (SSSR count). The normalized spacial score (nSPS) is 12.4. The molecule has 0 aromatic carbocycles. The molecule has 0 fully saturated rings. The van der Waals surface area contributed by atoms with Gasteiger partial charge in [0.2, 0.25) is 0 Å². The van der Waals surface area contributed by atoms with E-state index in [1.807, 2.05) is 6.92 Å². The number of likely N-dealkylation sites (N-methyl/N-ethyl adjacent to an activating group) is 2. The van der Waals surface area contributed by atoms with Crippen LogP contribution in [0.25, 0.3) is 0 Å². The lowest BCUT2D eigenvalue weighted by atomic mass is 10.4. The van der Waals surface area contributed by atoms with Crippen LogP contribution in [0.5, 0.6) is 0 Å².